The Labute approximate surface area is 335 Å². The standard InChI is InChI=1S/C53H33N5/c1-3-15-34(16-4-1)49-55-50(35-17-5-2-6-18-35)57-51(56-49)40-22-14-21-38(32-40)36-19-13-20-37(31-36)39-29-30-42-41-23-7-8-24-43(41)53(45(42)33-39)44-25-9-11-27-47(44)58-48-28-12-10-26-46(48)54-52(53)58/h1-33H. The van der Waals surface area contributed by atoms with Crippen LogP contribution in [0.1, 0.15) is 22.5 Å². The summed E-state index contributed by atoms with van der Waals surface area (Å²) in [5.41, 5.74) is 16.4. The summed E-state index contributed by atoms with van der Waals surface area (Å²) < 4.78 is 2.38. The van der Waals surface area contributed by atoms with Gasteiger partial charge in [0, 0.05) is 16.7 Å². The first-order chi connectivity index (χ1) is 28.7. The number of fused-ring (bicyclic) bond motifs is 12. The van der Waals surface area contributed by atoms with Gasteiger partial charge in [0.2, 0.25) is 0 Å². The summed E-state index contributed by atoms with van der Waals surface area (Å²) in [5.74, 6) is 2.98. The van der Waals surface area contributed by atoms with Gasteiger partial charge in [0.25, 0.3) is 0 Å². The molecule has 0 fully saturated rings. The van der Waals surface area contributed by atoms with E-state index in [1.54, 1.807) is 0 Å². The van der Waals surface area contributed by atoms with Gasteiger partial charge >= 0.3 is 0 Å². The molecule has 1 aliphatic heterocycles. The van der Waals surface area contributed by atoms with Gasteiger partial charge in [-0.2, -0.15) is 0 Å². The highest BCUT2D eigenvalue weighted by Gasteiger charge is 2.54. The average Bonchev–Trinajstić information content (AvgIpc) is 3.93. The van der Waals surface area contributed by atoms with E-state index in [0.29, 0.717) is 17.5 Å². The molecule has 0 bridgehead atoms. The molecular weight excluding hydrogens is 707 g/mol. The molecule has 2 aliphatic rings. The minimum Gasteiger partial charge on any atom is -0.295 e. The molecule has 0 N–H and O–H groups in total. The van der Waals surface area contributed by atoms with Gasteiger partial charge in [-0.1, -0.05) is 164 Å². The number of hydrogen-bond donors (Lipinski definition) is 0. The number of benzene rings is 8. The molecule has 0 amide bonds. The van der Waals surface area contributed by atoms with E-state index in [9.17, 15) is 0 Å². The molecule has 1 aliphatic carbocycles. The molecule has 10 aromatic rings. The first-order valence-corrected chi connectivity index (χ1v) is 19.6. The number of aromatic nitrogens is 5. The van der Waals surface area contributed by atoms with E-state index in [4.69, 9.17) is 19.9 Å². The van der Waals surface area contributed by atoms with Crippen molar-refractivity contribution in [3.05, 3.63) is 223 Å². The second kappa shape index (κ2) is 12.6. The van der Waals surface area contributed by atoms with Crippen molar-refractivity contribution < 1.29 is 0 Å². The van der Waals surface area contributed by atoms with E-state index < -0.39 is 5.41 Å². The van der Waals surface area contributed by atoms with Crippen LogP contribution in [0.15, 0.2) is 200 Å². The summed E-state index contributed by atoms with van der Waals surface area (Å²) in [6, 6.07) is 70.8. The van der Waals surface area contributed by atoms with E-state index >= 15 is 0 Å². The van der Waals surface area contributed by atoms with Crippen LogP contribution in [0.25, 0.3) is 84.3 Å². The molecule has 0 saturated carbocycles. The van der Waals surface area contributed by atoms with Gasteiger partial charge in [-0.15, -0.1) is 0 Å². The summed E-state index contributed by atoms with van der Waals surface area (Å²) >= 11 is 0. The van der Waals surface area contributed by atoms with E-state index in [1.165, 1.54) is 33.5 Å². The number of hydrogen-bond acceptors (Lipinski definition) is 4. The number of rotatable bonds is 5. The van der Waals surface area contributed by atoms with E-state index in [2.05, 4.69) is 144 Å². The van der Waals surface area contributed by atoms with Crippen molar-refractivity contribution in [1.29, 1.82) is 0 Å². The molecule has 3 heterocycles. The van der Waals surface area contributed by atoms with Crippen molar-refractivity contribution in [2.75, 3.05) is 0 Å². The van der Waals surface area contributed by atoms with Crippen LogP contribution in [0.3, 0.4) is 0 Å². The third-order valence-electron chi connectivity index (χ3n) is 11.8. The topological polar surface area (TPSA) is 56.5 Å². The zero-order valence-electron chi connectivity index (χ0n) is 31.3. The predicted molar refractivity (Wildman–Crippen MR) is 232 cm³/mol. The van der Waals surface area contributed by atoms with Crippen LogP contribution in [0, 0.1) is 0 Å². The number of para-hydroxylation sites is 3. The molecule has 1 unspecified atom stereocenters. The smallest absolute Gasteiger partial charge is 0.164 e. The fraction of sp³-hybridized carbons (Fsp3) is 0.0189. The maximum absolute atomic E-state index is 5.42. The van der Waals surface area contributed by atoms with E-state index in [-0.39, 0.29) is 0 Å². The average molecular weight is 740 g/mol. The Balaban J connectivity index is 0.985. The van der Waals surface area contributed by atoms with Gasteiger partial charge in [-0.3, -0.25) is 4.57 Å². The molecule has 1 atom stereocenters. The quantitative estimate of drug-likeness (QED) is 0.176. The van der Waals surface area contributed by atoms with Gasteiger partial charge in [-0.25, -0.2) is 19.9 Å². The normalized spacial score (nSPS) is 14.6. The third-order valence-corrected chi connectivity index (χ3v) is 11.8. The fourth-order valence-corrected chi connectivity index (χ4v) is 9.27. The van der Waals surface area contributed by atoms with Crippen molar-refractivity contribution in [1.82, 2.24) is 24.5 Å². The van der Waals surface area contributed by atoms with Gasteiger partial charge in [0.1, 0.15) is 11.2 Å². The first kappa shape index (κ1) is 32.5. The monoisotopic (exact) mass is 739 g/mol. The van der Waals surface area contributed by atoms with Crippen LogP contribution < -0.4 is 0 Å². The lowest BCUT2D eigenvalue weighted by Gasteiger charge is -2.27. The van der Waals surface area contributed by atoms with Crippen LogP contribution in [-0.4, -0.2) is 24.5 Å². The minimum absolute atomic E-state index is 0.550. The number of imidazole rings is 1. The zero-order valence-corrected chi connectivity index (χ0v) is 31.3. The summed E-state index contributed by atoms with van der Waals surface area (Å²) in [7, 11) is 0. The highest BCUT2D eigenvalue weighted by molar-refractivity contribution is 5.93. The lowest BCUT2D eigenvalue weighted by atomic mass is 9.72. The first-order valence-electron chi connectivity index (χ1n) is 19.6. The SMILES string of the molecule is c1ccc(-c2nc(-c3ccccc3)nc(-c3cccc(-c4cccc(-c5ccc6c(c5)C5(c7ccccc7-6)c6ccccc6-n6c5nc5ccccc56)c4)c3)n2)cc1. The fourth-order valence-electron chi connectivity index (χ4n) is 9.27. The molecular formula is C53H33N5. The second-order valence-electron chi connectivity index (χ2n) is 15.0. The van der Waals surface area contributed by atoms with Crippen LogP contribution in [0.5, 0.6) is 0 Å². The maximum atomic E-state index is 5.42. The lowest BCUT2D eigenvalue weighted by Crippen LogP contribution is -2.27. The molecule has 1 spiro atoms. The van der Waals surface area contributed by atoms with E-state index in [1.807, 2.05) is 60.7 Å². The van der Waals surface area contributed by atoms with Gasteiger partial charge in [0.15, 0.2) is 17.5 Å². The van der Waals surface area contributed by atoms with Crippen molar-refractivity contribution in [2.45, 2.75) is 5.41 Å². The highest BCUT2D eigenvalue weighted by atomic mass is 15.1. The molecule has 8 aromatic carbocycles. The number of nitrogens with zero attached hydrogens (tertiary/aromatic N) is 5. The molecule has 0 saturated heterocycles. The minimum atomic E-state index is -0.550. The third kappa shape index (κ3) is 4.77. The Morgan fingerprint density at radius 1 is 0.328 bits per heavy atom. The van der Waals surface area contributed by atoms with E-state index in [0.717, 1.165) is 55.8 Å². The molecule has 2 aromatic heterocycles. The molecule has 5 heteroatoms. The second-order valence-corrected chi connectivity index (χ2v) is 15.0. The molecule has 58 heavy (non-hydrogen) atoms. The van der Waals surface area contributed by atoms with Gasteiger partial charge in [-0.05, 0) is 86.5 Å². The predicted octanol–water partition coefficient (Wildman–Crippen LogP) is 12.2. The summed E-state index contributed by atoms with van der Waals surface area (Å²) in [6.07, 6.45) is 0. The Kier molecular flexibility index (Phi) is 7.07. The molecule has 12 rings (SSSR count). The largest absolute Gasteiger partial charge is 0.295 e. The van der Waals surface area contributed by atoms with Gasteiger partial charge in [0.05, 0.1) is 16.7 Å². The Hall–Kier alpha value is -7.76. The zero-order chi connectivity index (χ0) is 38.2. The van der Waals surface area contributed by atoms with Crippen molar-refractivity contribution >= 4 is 11.0 Å². The van der Waals surface area contributed by atoms with Crippen LogP contribution >= 0.6 is 0 Å². The maximum Gasteiger partial charge on any atom is 0.164 e. The van der Waals surface area contributed by atoms with Crippen molar-refractivity contribution in [3.8, 4) is 73.2 Å². The summed E-state index contributed by atoms with van der Waals surface area (Å²) in [4.78, 5) is 20.3. The van der Waals surface area contributed by atoms with Crippen LogP contribution in [-0.2, 0) is 5.41 Å². The lowest BCUT2D eigenvalue weighted by molar-refractivity contribution is 0.738. The van der Waals surface area contributed by atoms with Gasteiger partial charge < -0.3 is 0 Å². The molecule has 5 nitrogen and oxygen atoms in total. The summed E-state index contributed by atoms with van der Waals surface area (Å²) in [5, 5.41) is 0. The highest BCUT2D eigenvalue weighted by Crippen LogP contribution is 2.60. The summed E-state index contributed by atoms with van der Waals surface area (Å²) in [6.45, 7) is 0. The van der Waals surface area contributed by atoms with Crippen molar-refractivity contribution in [3.63, 3.8) is 0 Å². The molecule has 270 valence electrons. The van der Waals surface area contributed by atoms with Crippen molar-refractivity contribution in [2.24, 2.45) is 0 Å². The van der Waals surface area contributed by atoms with Crippen LogP contribution in [0.2, 0.25) is 0 Å². The molecule has 0 radical (unpaired) electrons. The van der Waals surface area contributed by atoms with Crippen LogP contribution in [0.4, 0.5) is 0 Å². The Morgan fingerprint density at radius 3 is 1.53 bits per heavy atom. The Bertz CT molecular complexity index is 3180. The Morgan fingerprint density at radius 2 is 0.828 bits per heavy atom.